The SMILES string of the molecule is CC1=CC(C(C)C)CC(C)=C1O. The molecule has 1 N–H and O–H groups in total. The predicted octanol–water partition coefficient (Wildman–Crippen LogP) is 3.44. The highest BCUT2D eigenvalue weighted by Crippen LogP contribution is 2.30. The van der Waals surface area contributed by atoms with Crippen molar-refractivity contribution >= 4 is 0 Å². The summed E-state index contributed by atoms with van der Waals surface area (Å²) >= 11 is 0. The van der Waals surface area contributed by atoms with Gasteiger partial charge in [-0.1, -0.05) is 19.9 Å². The Kier molecular flexibility index (Phi) is 2.61. The Bertz CT molecular complexity index is 233. The fraction of sp³-hybridized carbons (Fsp3) is 0.636. The first-order chi connectivity index (χ1) is 5.52. The van der Waals surface area contributed by atoms with E-state index < -0.39 is 0 Å². The van der Waals surface area contributed by atoms with Gasteiger partial charge in [-0.05, 0) is 43.3 Å². The van der Waals surface area contributed by atoms with Crippen LogP contribution in [0.25, 0.3) is 0 Å². The van der Waals surface area contributed by atoms with E-state index in [9.17, 15) is 5.11 Å². The number of rotatable bonds is 1. The lowest BCUT2D eigenvalue weighted by Gasteiger charge is -2.23. The third-order valence-electron chi connectivity index (χ3n) is 2.64. The molecule has 0 spiro atoms. The predicted molar refractivity (Wildman–Crippen MR) is 52.0 cm³/mol. The topological polar surface area (TPSA) is 20.2 Å². The van der Waals surface area contributed by atoms with Crippen LogP contribution in [0.1, 0.15) is 34.1 Å². The van der Waals surface area contributed by atoms with Gasteiger partial charge in [-0.2, -0.15) is 0 Å². The molecule has 0 radical (unpaired) electrons. The quantitative estimate of drug-likeness (QED) is 0.632. The van der Waals surface area contributed by atoms with Crippen LogP contribution in [-0.4, -0.2) is 5.11 Å². The molecular formula is C11H18O. The summed E-state index contributed by atoms with van der Waals surface area (Å²) in [5, 5.41) is 9.56. The minimum absolute atomic E-state index is 0.506. The highest BCUT2D eigenvalue weighted by molar-refractivity contribution is 5.32. The van der Waals surface area contributed by atoms with E-state index in [2.05, 4.69) is 19.9 Å². The van der Waals surface area contributed by atoms with Crippen molar-refractivity contribution in [1.29, 1.82) is 0 Å². The maximum absolute atomic E-state index is 9.56. The van der Waals surface area contributed by atoms with E-state index in [1.54, 1.807) is 0 Å². The zero-order valence-electron chi connectivity index (χ0n) is 8.39. The molecule has 1 nitrogen and oxygen atoms in total. The van der Waals surface area contributed by atoms with Gasteiger partial charge in [0.2, 0.25) is 0 Å². The number of hydrogen-bond donors (Lipinski definition) is 1. The van der Waals surface area contributed by atoms with Crippen LogP contribution in [0.4, 0.5) is 0 Å². The molecule has 1 heteroatoms. The molecule has 0 aliphatic heterocycles. The molecule has 12 heavy (non-hydrogen) atoms. The summed E-state index contributed by atoms with van der Waals surface area (Å²) in [4.78, 5) is 0. The molecule has 0 saturated heterocycles. The number of aliphatic hydroxyl groups excluding tert-OH is 1. The van der Waals surface area contributed by atoms with Crippen molar-refractivity contribution < 1.29 is 5.11 Å². The highest BCUT2D eigenvalue weighted by atomic mass is 16.3. The van der Waals surface area contributed by atoms with Gasteiger partial charge < -0.3 is 5.11 Å². The normalized spacial score (nSPS) is 24.8. The van der Waals surface area contributed by atoms with Gasteiger partial charge >= 0.3 is 0 Å². The van der Waals surface area contributed by atoms with Crippen molar-refractivity contribution in [2.75, 3.05) is 0 Å². The summed E-state index contributed by atoms with van der Waals surface area (Å²) in [5.74, 6) is 1.79. The minimum atomic E-state index is 0.506. The Morgan fingerprint density at radius 2 is 2.00 bits per heavy atom. The molecule has 0 aromatic carbocycles. The van der Waals surface area contributed by atoms with Crippen molar-refractivity contribution in [3.05, 3.63) is 23.0 Å². The number of aliphatic hydroxyl groups is 1. The lowest BCUT2D eigenvalue weighted by Crippen LogP contribution is -2.12. The van der Waals surface area contributed by atoms with Crippen molar-refractivity contribution in [1.82, 2.24) is 0 Å². The minimum Gasteiger partial charge on any atom is -0.508 e. The molecule has 0 heterocycles. The van der Waals surface area contributed by atoms with Crippen LogP contribution >= 0.6 is 0 Å². The summed E-state index contributed by atoms with van der Waals surface area (Å²) < 4.78 is 0. The van der Waals surface area contributed by atoms with E-state index in [1.165, 1.54) is 0 Å². The zero-order valence-corrected chi connectivity index (χ0v) is 8.39. The van der Waals surface area contributed by atoms with Gasteiger partial charge in [0.15, 0.2) is 0 Å². The first kappa shape index (κ1) is 9.37. The van der Waals surface area contributed by atoms with Crippen molar-refractivity contribution in [3.63, 3.8) is 0 Å². The van der Waals surface area contributed by atoms with Gasteiger partial charge in [-0.25, -0.2) is 0 Å². The van der Waals surface area contributed by atoms with Crippen LogP contribution in [0.3, 0.4) is 0 Å². The molecule has 0 aromatic heterocycles. The molecule has 1 unspecified atom stereocenters. The zero-order chi connectivity index (χ0) is 9.30. The van der Waals surface area contributed by atoms with Crippen molar-refractivity contribution in [3.8, 4) is 0 Å². The molecule has 0 saturated carbocycles. The van der Waals surface area contributed by atoms with E-state index in [4.69, 9.17) is 0 Å². The Hall–Kier alpha value is -0.720. The van der Waals surface area contributed by atoms with Gasteiger partial charge in [-0.15, -0.1) is 0 Å². The summed E-state index contributed by atoms with van der Waals surface area (Å²) in [6, 6.07) is 0. The monoisotopic (exact) mass is 166 g/mol. The lowest BCUT2D eigenvalue weighted by atomic mass is 9.83. The van der Waals surface area contributed by atoms with E-state index in [-0.39, 0.29) is 0 Å². The second-order valence-corrected chi connectivity index (χ2v) is 4.09. The van der Waals surface area contributed by atoms with Gasteiger partial charge in [0, 0.05) is 0 Å². The fourth-order valence-electron chi connectivity index (χ4n) is 1.67. The molecule has 0 aromatic rings. The smallest absolute Gasteiger partial charge is 0.117 e. The summed E-state index contributed by atoms with van der Waals surface area (Å²) in [7, 11) is 0. The number of hydrogen-bond acceptors (Lipinski definition) is 1. The molecule has 1 atom stereocenters. The largest absolute Gasteiger partial charge is 0.508 e. The first-order valence-corrected chi connectivity index (χ1v) is 4.60. The van der Waals surface area contributed by atoms with Crippen LogP contribution in [-0.2, 0) is 0 Å². The third kappa shape index (κ3) is 1.71. The van der Waals surface area contributed by atoms with Gasteiger partial charge in [0.1, 0.15) is 5.76 Å². The van der Waals surface area contributed by atoms with Crippen LogP contribution in [0.2, 0.25) is 0 Å². The molecule has 1 rings (SSSR count). The lowest BCUT2D eigenvalue weighted by molar-refractivity contribution is 0.382. The number of allylic oxidation sites excluding steroid dienone is 3. The van der Waals surface area contributed by atoms with Gasteiger partial charge in [-0.3, -0.25) is 0 Å². The highest BCUT2D eigenvalue weighted by Gasteiger charge is 2.19. The van der Waals surface area contributed by atoms with E-state index >= 15 is 0 Å². The standard InChI is InChI=1S/C11H18O/c1-7(2)10-5-8(3)11(12)9(4)6-10/h5,7,10,12H,6H2,1-4H3. The van der Waals surface area contributed by atoms with Gasteiger partial charge in [0.05, 0.1) is 0 Å². The van der Waals surface area contributed by atoms with E-state index in [1.807, 2.05) is 13.8 Å². The van der Waals surface area contributed by atoms with Crippen molar-refractivity contribution in [2.24, 2.45) is 11.8 Å². The average Bonchev–Trinajstić information content (AvgIpc) is 1.99. The Morgan fingerprint density at radius 3 is 2.42 bits per heavy atom. The second-order valence-electron chi connectivity index (χ2n) is 4.09. The average molecular weight is 166 g/mol. The van der Waals surface area contributed by atoms with Crippen molar-refractivity contribution in [2.45, 2.75) is 34.1 Å². The molecule has 1 aliphatic carbocycles. The van der Waals surface area contributed by atoms with Crippen LogP contribution in [0.5, 0.6) is 0 Å². The maximum atomic E-state index is 9.56. The summed E-state index contributed by atoms with van der Waals surface area (Å²) in [6.07, 6.45) is 3.20. The molecular weight excluding hydrogens is 148 g/mol. The first-order valence-electron chi connectivity index (χ1n) is 4.60. The Balaban J connectivity index is 2.84. The molecule has 0 bridgehead atoms. The van der Waals surface area contributed by atoms with Crippen LogP contribution in [0, 0.1) is 11.8 Å². The maximum Gasteiger partial charge on any atom is 0.117 e. The van der Waals surface area contributed by atoms with E-state index in [0.717, 1.165) is 17.6 Å². The third-order valence-corrected chi connectivity index (χ3v) is 2.64. The Morgan fingerprint density at radius 1 is 1.42 bits per heavy atom. The van der Waals surface area contributed by atoms with Crippen LogP contribution in [0.15, 0.2) is 23.0 Å². The molecule has 1 aliphatic rings. The molecule has 68 valence electrons. The summed E-state index contributed by atoms with van der Waals surface area (Å²) in [5.41, 5.74) is 2.17. The summed E-state index contributed by atoms with van der Waals surface area (Å²) in [6.45, 7) is 8.45. The molecule has 0 amide bonds. The molecule has 0 fully saturated rings. The fourth-order valence-corrected chi connectivity index (χ4v) is 1.67. The Labute approximate surface area is 74.8 Å². The van der Waals surface area contributed by atoms with Gasteiger partial charge in [0.25, 0.3) is 0 Å². The van der Waals surface area contributed by atoms with Crippen LogP contribution < -0.4 is 0 Å². The second kappa shape index (κ2) is 3.34. The van der Waals surface area contributed by atoms with E-state index in [0.29, 0.717) is 17.6 Å².